The highest BCUT2D eigenvalue weighted by Crippen LogP contribution is 2.57. The minimum atomic E-state index is -5.31. The third-order valence-electron chi connectivity index (χ3n) is 3.67. The quantitative estimate of drug-likeness (QED) is 0.254. The van der Waals surface area contributed by atoms with Crippen LogP contribution < -0.4 is 5.32 Å². The third kappa shape index (κ3) is 5.08. The van der Waals surface area contributed by atoms with E-state index in [0.717, 1.165) is 4.90 Å². The standard InChI is InChI=1S/C10H18N2O12P2/c1-4-2-12(10(16)11-8(4)15)9-7(14)6(13)5(23-9)3-22-26(20,21)24-25(17,18)19/h4-7,9,13-14H,2-3H2,1H3,(H,20,21)(H,11,15,16)(H2,17,18,19). The Morgan fingerprint density at radius 1 is 1.23 bits per heavy atom. The van der Waals surface area contributed by atoms with Crippen molar-refractivity contribution in [2.24, 2.45) is 5.92 Å². The summed E-state index contributed by atoms with van der Waals surface area (Å²) in [5.74, 6) is -1.12. The number of ether oxygens (including phenoxy) is 1. The summed E-state index contributed by atoms with van der Waals surface area (Å²) in [4.78, 5) is 50.5. The van der Waals surface area contributed by atoms with E-state index in [1.807, 2.05) is 5.32 Å². The summed E-state index contributed by atoms with van der Waals surface area (Å²) >= 11 is 0. The molecule has 150 valence electrons. The number of aliphatic hydroxyl groups excluding tert-OH is 2. The average Bonchev–Trinajstić information content (AvgIpc) is 2.75. The molecule has 2 fully saturated rings. The maximum atomic E-state index is 11.9. The largest absolute Gasteiger partial charge is 0.481 e. The lowest BCUT2D eigenvalue weighted by Crippen LogP contribution is -2.59. The van der Waals surface area contributed by atoms with Gasteiger partial charge >= 0.3 is 21.7 Å². The molecule has 0 bridgehead atoms. The number of phosphoric ester groups is 1. The fraction of sp³-hybridized carbons (Fsp3) is 0.800. The number of aliphatic hydroxyl groups is 2. The maximum Gasteiger partial charge on any atom is 0.481 e. The molecule has 2 aliphatic heterocycles. The first kappa shape index (κ1) is 21.4. The zero-order chi connectivity index (χ0) is 19.9. The van der Waals surface area contributed by atoms with Gasteiger partial charge in [0.2, 0.25) is 5.91 Å². The number of nitrogens with one attached hydrogen (secondary N) is 1. The second-order valence-electron chi connectivity index (χ2n) is 5.73. The first-order valence-corrected chi connectivity index (χ1v) is 10.2. The molecule has 6 unspecified atom stereocenters. The van der Waals surface area contributed by atoms with Crippen LogP contribution in [0.3, 0.4) is 0 Å². The fourth-order valence-corrected chi connectivity index (χ4v) is 4.03. The van der Waals surface area contributed by atoms with Crippen molar-refractivity contribution >= 4 is 27.6 Å². The number of hydrogen-bond donors (Lipinski definition) is 6. The van der Waals surface area contributed by atoms with E-state index in [0.29, 0.717) is 0 Å². The van der Waals surface area contributed by atoms with Crippen LogP contribution in [-0.2, 0) is 27.5 Å². The molecule has 0 spiro atoms. The highest BCUT2D eigenvalue weighted by Gasteiger charge is 2.49. The topological polar surface area (TPSA) is 212 Å². The van der Waals surface area contributed by atoms with E-state index in [1.54, 1.807) is 0 Å². The number of carbonyl (C=O) groups excluding carboxylic acids is 2. The Hall–Kier alpha value is -0.920. The third-order valence-corrected chi connectivity index (χ3v) is 5.82. The molecule has 6 N–H and O–H groups in total. The van der Waals surface area contributed by atoms with Crippen LogP contribution in [0, 0.1) is 5.92 Å². The van der Waals surface area contributed by atoms with Gasteiger partial charge in [-0.3, -0.25) is 19.5 Å². The van der Waals surface area contributed by atoms with Gasteiger partial charge in [0.1, 0.15) is 18.3 Å². The summed E-state index contributed by atoms with van der Waals surface area (Å²) in [5.41, 5.74) is 0. The van der Waals surface area contributed by atoms with Crippen molar-refractivity contribution in [3.05, 3.63) is 0 Å². The molecule has 0 aromatic carbocycles. The lowest BCUT2D eigenvalue weighted by molar-refractivity contribution is -0.130. The number of urea groups is 1. The molecule has 2 saturated heterocycles. The van der Waals surface area contributed by atoms with Crippen molar-refractivity contribution in [1.29, 1.82) is 0 Å². The smallest absolute Gasteiger partial charge is 0.387 e. The molecule has 6 atom stereocenters. The lowest BCUT2D eigenvalue weighted by atomic mass is 10.1. The van der Waals surface area contributed by atoms with Gasteiger partial charge in [0.05, 0.1) is 12.5 Å². The number of amides is 3. The van der Waals surface area contributed by atoms with Crippen LogP contribution in [0.25, 0.3) is 0 Å². The predicted octanol–water partition coefficient (Wildman–Crippen LogP) is -2.15. The normalized spacial score (nSPS) is 35.3. The Morgan fingerprint density at radius 3 is 2.42 bits per heavy atom. The molecule has 0 aromatic rings. The van der Waals surface area contributed by atoms with Crippen molar-refractivity contribution in [3.8, 4) is 0 Å². The molecule has 14 nitrogen and oxygen atoms in total. The van der Waals surface area contributed by atoms with Gasteiger partial charge in [0.15, 0.2) is 6.23 Å². The summed E-state index contributed by atoms with van der Waals surface area (Å²) in [7, 11) is -10.5. The van der Waals surface area contributed by atoms with Crippen LogP contribution in [0.15, 0.2) is 0 Å². The molecule has 0 saturated carbocycles. The number of nitrogens with zero attached hydrogens (tertiary/aromatic N) is 1. The van der Waals surface area contributed by atoms with Crippen LogP contribution in [0.1, 0.15) is 6.92 Å². The maximum absolute atomic E-state index is 11.9. The Bertz CT molecular complexity index is 666. The molecule has 26 heavy (non-hydrogen) atoms. The molecule has 16 heteroatoms. The van der Waals surface area contributed by atoms with Crippen molar-refractivity contribution in [2.45, 2.75) is 31.5 Å². The summed E-state index contributed by atoms with van der Waals surface area (Å²) < 4.78 is 35.1. The van der Waals surface area contributed by atoms with Gasteiger partial charge in [-0.15, -0.1) is 0 Å². The van der Waals surface area contributed by atoms with E-state index in [2.05, 4.69) is 8.83 Å². The second kappa shape index (κ2) is 7.60. The molecule has 3 amide bonds. The van der Waals surface area contributed by atoms with Crippen LogP contribution >= 0.6 is 15.6 Å². The highest BCUT2D eigenvalue weighted by molar-refractivity contribution is 7.60. The van der Waals surface area contributed by atoms with Crippen LogP contribution in [0.5, 0.6) is 0 Å². The molecule has 2 aliphatic rings. The van der Waals surface area contributed by atoms with Crippen molar-refractivity contribution in [1.82, 2.24) is 10.2 Å². The second-order valence-corrected chi connectivity index (χ2v) is 8.56. The highest BCUT2D eigenvalue weighted by atomic mass is 31.3. The molecule has 0 radical (unpaired) electrons. The Kier molecular flexibility index (Phi) is 6.25. The van der Waals surface area contributed by atoms with Crippen molar-refractivity contribution in [2.75, 3.05) is 13.2 Å². The fourth-order valence-electron chi connectivity index (χ4n) is 2.43. The summed E-state index contributed by atoms with van der Waals surface area (Å²) in [6, 6.07) is -0.858. The van der Waals surface area contributed by atoms with E-state index >= 15 is 0 Å². The number of carbonyl (C=O) groups is 2. The number of rotatable bonds is 6. The van der Waals surface area contributed by atoms with E-state index in [4.69, 9.17) is 14.5 Å². The molecule has 2 rings (SSSR count). The van der Waals surface area contributed by atoms with E-state index in [-0.39, 0.29) is 6.54 Å². The van der Waals surface area contributed by atoms with Gasteiger partial charge in [0, 0.05) is 6.54 Å². The zero-order valence-corrected chi connectivity index (χ0v) is 15.0. The SMILES string of the molecule is CC1CN(C2OC(COP(=O)(O)OP(=O)(O)O)C(O)C2O)C(=O)NC1=O. The van der Waals surface area contributed by atoms with Gasteiger partial charge in [-0.25, -0.2) is 13.9 Å². The Morgan fingerprint density at radius 2 is 1.85 bits per heavy atom. The number of phosphoric acid groups is 2. The first-order chi connectivity index (χ1) is 11.8. The van der Waals surface area contributed by atoms with Gasteiger partial charge in [-0.2, -0.15) is 4.31 Å². The molecule has 0 aliphatic carbocycles. The average molecular weight is 420 g/mol. The molecular weight excluding hydrogens is 402 g/mol. The summed E-state index contributed by atoms with van der Waals surface area (Å²) in [5, 5.41) is 22.0. The number of imide groups is 1. The van der Waals surface area contributed by atoms with Crippen molar-refractivity contribution in [3.63, 3.8) is 0 Å². The molecule has 0 aromatic heterocycles. The molecule has 2 heterocycles. The monoisotopic (exact) mass is 420 g/mol. The first-order valence-electron chi connectivity index (χ1n) is 7.18. The van der Waals surface area contributed by atoms with Crippen LogP contribution in [0.4, 0.5) is 4.79 Å². The van der Waals surface area contributed by atoms with E-state index in [9.17, 15) is 33.8 Å². The summed E-state index contributed by atoms with van der Waals surface area (Å²) in [6.07, 6.45) is -6.09. The summed E-state index contributed by atoms with van der Waals surface area (Å²) in [6.45, 7) is 0.535. The van der Waals surface area contributed by atoms with Gasteiger partial charge in [-0.05, 0) is 0 Å². The Labute approximate surface area is 146 Å². The van der Waals surface area contributed by atoms with Gasteiger partial charge in [-0.1, -0.05) is 6.92 Å². The van der Waals surface area contributed by atoms with Gasteiger partial charge in [0.25, 0.3) is 0 Å². The zero-order valence-electron chi connectivity index (χ0n) is 13.2. The van der Waals surface area contributed by atoms with Crippen LogP contribution in [-0.4, -0.2) is 79.4 Å². The number of hydrogen-bond acceptors (Lipinski definition) is 9. The van der Waals surface area contributed by atoms with Crippen LogP contribution in [0.2, 0.25) is 0 Å². The minimum Gasteiger partial charge on any atom is -0.387 e. The van der Waals surface area contributed by atoms with E-state index < -0.39 is 64.6 Å². The minimum absolute atomic E-state index is 0.105. The Balaban J connectivity index is 2.01. The van der Waals surface area contributed by atoms with Crippen molar-refractivity contribution < 1.29 is 57.2 Å². The molecular formula is C10H18N2O12P2. The predicted molar refractivity (Wildman–Crippen MR) is 79.0 cm³/mol. The van der Waals surface area contributed by atoms with E-state index in [1.165, 1.54) is 6.92 Å². The lowest BCUT2D eigenvalue weighted by Gasteiger charge is -2.35. The van der Waals surface area contributed by atoms with Gasteiger partial charge < -0.3 is 29.6 Å².